The first kappa shape index (κ1) is 15.9. The summed E-state index contributed by atoms with van der Waals surface area (Å²) in [6.07, 6.45) is 0.291. The van der Waals surface area contributed by atoms with Gasteiger partial charge in [0.05, 0.1) is 23.4 Å². The van der Waals surface area contributed by atoms with Gasteiger partial charge in [-0.1, -0.05) is 18.2 Å². The number of benzene rings is 1. The molecule has 0 N–H and O–H groups in total. The minimum Gasteiger partial charge on any atom is -0.376 e. The number of morpholine rings is 1. The van der Waals surface area contributed by atoms with E-state index in [0.717, 1.165) is 44.9 Å². The van der Waals surface area contributed by atoms with E-state index in [1.54, 1.807) is 12.1 Å². The molecule has 0 bridgehead atoms. The largest absolute Gasteiger partial charge is 0.376 e. The smallest absolute Gasteiger partial charge is 0.179 e. The minimum atomic E-state index is -3.14. The standard InChI is InChI=1S/C16H24N2O3S/c1-14-12-17(8-10-21-14)6-7-18-9-11-22(19,20)16-5-3-2-4-15(16)13-18/h2-5,14H,6-13H2,1H3. The fourth-order valence-electron chi connectivity index (χ4n) is 3.18. The van der Waals surface area contributed by atoms with Gasteiger partial charge in [0.15, 0.2) is 9.84 Å². The van der Waals surface area contributed by atoms with E-state index in [1.165, 1.54) is 0 Å². The molecule has 3 rings (SSSR count). The molecule has 0 aromatic heterocycles. The highest BCUT2D eigenvalue weighted by atomic mass is 32.2. The average molecular weight is 324 g/mol. The zero-order chi connectivity index (χ0) is 15.6. The van der Waals surface area contributed by atoms with Crippen molar-refractivity contribution >= 4 is 9.84 Å². The maximum Gasteiger partial charge on any atom is 0.179 e. The molecule has 1 atom stereocenters. The molecule has 0 spiro atoms. The summed E-state index contributed by atoms with van der Waals surface area (Å²) in [4.78, 5) is 5.17. The second kappa shape index (κ2) is 6.66. The second-order valence-corrected chi connectivity index (χ2v) is 8.26. The second-order valence-electron chi connectivity index (χ2n) is 6.18. The van der Waals surface area contributed by atoms with Crippen LogP contribution in [0, 0.1) is 0 Å². The Labute approximate surface area is 132 Å². The van der Waals surface area contributed by atoms with Crippen LogP contribution in [0.1, 0.15) is 12.5 Å². The van der Waals surface area contributed by atoms with Gasteiger partial charge in [-0.25, -0.2) is 8.42 Å². The minimum absolute atomic E-state index is 0.212. The van der Waals surface area contributed by atoms with Crippen LogP contribution in [0.2, 0.25) is 0 Å². The first-order chi connectivity index (χ1) is 10.5. The van der Waals surface area contributed by atoms with Crippen LogP contribution < -0.4 is 0 Å². The zero-order valence-electron chi connectivity index (χ0n) is 13.1. The lowest BCUT2D eigenvalue weighted by Gasteiger charge is -2.32. The molecule has 2 heterocycles. The van der Waals surface area contributed by atoms with Gasteiger partial charge in [-0.05, 0) is 18.6 Å². The SMILES string of the molecule is CC1CN(CCN2CCS(=O)(=O)c3ccccc3C2)CCO1. The Hall–Kier alpha value is -0.950. The number of sulfone groups is 1. The number of ether oxygens (including phenoxy) is 1. The van der Waals surface area contributed by atoms with Crippen LogP contribution in [0.4, 0.5) is 0 Å². The molecular formula is C16H24N2O3S. The molecule has 0 amide bonds. The lowest BCUT2D eigenvalue weighted by molar-refractivity contribution is -0.0206. The molecule has 1 aromatic carbocycles. The van der Waals surface area contributed by atoms with Gasteiger partial charge in [-0.15, -0.1) is 0 Å². The summed E-state index contributed by atoms with van der Waals surface area (Å²) in [5.74, 6) is 0.212. The highest BCUT2D eigenvalue weighted by Crippen LogP contribution is 2.22. The van der Waals surface area contributed by atoms with Gasteiger partial charge < -0.3 is 4.74 Å². The van der Waals surface area contributed by atoms with Crippen molar-refractivity contribution in [3.8, 4) is 0 Å². The number of hydrogen-bond donors (Lipinski definition) is 0. The van der Waals surface area contributed by atoms with E-state index in [0.29, 0.717) is 17.5 Å². The van der Waals surface area contributed by atoms with Crippen LogP contribution >= 0.6 is 0 Å². The molecular weight excluding hydrogens is 300 g/mol. The van der Waals surface area contributed by atoms with E-state index in [9.17, 15) is 8.42 Å². The molecule has 0 aliphatic carbocycles. The first-order valence-electron chi connectivity index (χ1n) is 7.91. The maximum atomic E-state index is 12.3. The van der Waals surface area contributed by atoms with Crippen molar-refractivity contribution in [3.63, 3.8) is 0 Å². The van der Waals surface area contributed by atoms with Crippen molar-refractivity contribution in [3.05, 3.63) is 29.8 Å². The van der Waals surface area contributed by atoms with Crippen molar-refractivity contribution in [2.75, 3.05) is 45.1 Å². The van der Waals surface area contributed by atoms with Crippen molar-refractivity contribution in [2.24, 2.45) is 0 Å². The van der Waals surface area contributed by atoms with Crippen LogP contribution in [0.5, 0.6) is 0 Å². The monoisotopic (exact) mass is 324 g/mol. The van der Waals surface area contributed by atoms with Gasteiger partial charge in [0.2, 0.25) is 0 Å². The normalized spacial score (nSPS) is 26.3. The van der Waals surface area contributed by atoms with Gasteiger partial charge in [0.1, 0.15) is 0 Å². The van der Waals surface area contributed by atoms with Crippen LogP contribution in [-0.4, -0.2) is 69.4 Å². The highest BCUT2D eigenvalue weighted by Gasteiger charge is 2.25. The number of nitrogens with zero attached hydrogens (tertiary/aromatic N) is 2. The van der Waals surface area contributed by atoms with Gasteiger partial charge in [0, 0.05) is 39.3 Å². The van der Waals surface area contributed by atoms with Crippen LogP contribution in [0.15, 0.2) is 29.2 Å². The molecule has 1 aromatic rings. The Morgan fingerprint density at radius 2 is 1.95 bits per heavy atom. The van der Waals surface area contributed by atoms with E-state index >= 15 is 0 Å². The lowest BCUT2D eigenvalue weighted by atomic mass is 10.2. The summed E-state index contributed by atoms with van der Waals surface area (Å²) in [6, 6.07) is 7.39. The number of hydrogen-bond acceptors (Lipinski definition) is 5. The third-order valence-electron chi connectivity index (χ3n) is 4.44. The quantitative estimate of drug-likeness (QED) is 0.830. The average Bonchev–Trinajstić information content (AvgIpc) is 2.62. The number of fused-ring (bicyclic) bond motifs is 1. The van der Waals surface area contributed by atoms with Crippen molar-refractivity contribution < 1.29 is 13.2 Å². The summed E-state index contributed by atoms with van der Waals surface area (Å²) >= 11 is 0. The Morgan fingerprint density at radius 3 is 2.77 bits per heavy atom. The topological polar surface area (TPSA) is 49.9 Å². The molecule has 0 saturated carbocycles. The molecule has 22 heavy (non-hydrogen) atoms. The van der Waals surface area contributed by atoms with Crippen LogP contribution in [-0.2, 0) is 21.1 Å². The Bertz CT molecular complexity index is 618. The third kappa shape index (κ3) is 3.68. The lowest BCUT2D eigenvalue weighted by Crippen LogP contribution is -2.44. The fourth-order valence-corrected chi connectivity index (χ4v) is 4.72. The van der Waals surface area contributed by atoms with E-state index in [2.05, 4.69) is 16.7 Å². The van der Waals surface area contributed by atoms with Gasteiger partial charge in [-0.3, -0.25) is 9.80 Å². The molecule has 5 nitrogen and oxygen atoms in total. The predicted molar refractivity (Wildman–Crippen MR) is 85.6 cm³/mol. The summed E-state index contributed by atoms with van der Waals surface area (Å²) < 4.78 is 30.2. The van der Waals surface area contributed by atoms with Crippen molar-refractivity contribution in [1.29, 1.82) is 0 Å². The van der Waals surface area contributed by atoms with Crippen molar-refractivity contribution in [1.82, 2.24) is 9.80 Å². The number of rotatable bonds is 3. The molecule has 2 aliphatic rings. The maximum absolute atomic E-state index is 12.3. The van der Waals surface area contributed by atoms with Crippen molar-refractivity contribution in [2.45, 2.75) is 24.5 Å². The Morgan fingerprint density at radius 1 is 1.18 bits per heavy atom. The molecule has 2 aliphatic heterocycles. The third-order valence-corrected chi connectivity index (χ3v) is 6.22. The van der Waals surface area contributed by atoms with Gasteiger partial charge in [0.25, 0.3) is 0 Å². The summed E-state index contributed by atoms with van der Waals surface area (Å²) in [7, 11) is -3.14. The van der Waals surface area contributed by atoms with Crippen LogP contribution in [0.25, 0.3) is 0 Å². The summed E-state index contributed by atoms with van der Waals surface area (Å²) in [5.41, 5.74) is 0.926. The molecule has 0 radical (unpaired) electrons. The first-order valence-corrected chi connectivity index (χ1v) is 9.57. The molecule has 6 heteroatoms. The predicted octanol–water partition coefficient (Wildman–Crippen LogP) is 0.997. The van der Waals surface area contributed by atoms with Gasteiger partial charge >= 0.3 is 0 Å². The molecule has 1 fully saturated rings. The fraction of sp³-hybridized carbons (Fsp3) is 0.625. The van der Waals surface area contributed by atoms with Gasteiger partial charge in [-0.2, -0.15) is 0 Å². The Kier molecular flexibility index (Phi) is 4.82. The van der Waals surface area contributed by atoms with E-state index in [4.69, 9.17) is 4.74 Å². The Balaban J connectivity index is 1.64. The molecule has 1 unspecified atom stereocenters. The van der Waals surface area contributed by atoms with E-state index in [1.807, 2.05) is 12.1 Å². The highest BCUT2D eigenvalue weighted by molar-refractivity contribution is 7.91. The summed E-state index contributed by atoms with van der Waals surface area (Å²) in [5, 5.41) is 0. The summed E-state index contributed by atoms with van der Waals surface area (Å²) in [6.45, 7) is 8.01. The van der Waals surface area contributed by atoms with E-state index < -0.39 is 9.84 Å². The molecule has 122 valence electrons. The zero-order valence-corrected chi connectivity index (χ0v) is 13.9. The van der Waals surface area contributed by atoms with E-state index in [-0.39, 0.29) is 5.75 Å². The molecule has 1 saturated heterocycles. The van der Waals surface area contributed by atoms with Crippen LogP contribution in [0.3, 0.4) is 0 Å².